The van der Waals surface area contributed by atoms with Gasteiger partial charge in [0.15, 0.2) is 5.71 Å². The zero-order valence-electron chi connectivity index (χ0n) is 33.9. The molecule has 4 unspecified atom stereocenters. The summed E-state index contributed by atoms with van der Waals surface area (Å²) in [5.74, 6) is -1.64. The Morgan fingerprint density at radius 3 is 1.98 bits per heavy atom. The Balaban J connectivity index is 1.70. The van der Waals surface area contributed by atoms with Gasteiger partial charge in [-0.25, -0.2) is 0 Å². The van der Waals surface area contributed by atoms with Crippen LogP contribution in [-0.2, 0) is 31.1 Å². The van der Waals surface area contributed by atoms with E-state index in [-0.39, 0.29) is 30.1 Å². The number of hydrogen-bond acceptors (Lipinski definition) is 12. The number of fused-ring (bicyclic) bond motifs is 2. The number of benzene rings is 2. The molecule has 0 saturated heterocycles. The number of aliphatic hydroxyl groups excluding tert-OH is 5. The van der Waals surface area contributed by atoms with E-state index in [2.05, 4.69) is 15.2 Å². The lowest BCUT2D eigenvalue weighted by atomic mass is 9.80. The summed E-state index contributed by atoms with van der Waals surface area (Å²) in [6.45, 7) is 7.42. The molecule has 326 valence electrons. The lowest BCUT2D eigenvalue weighted by molar-refractivity contribution is -0.438. The Kier molecular flexibility index (Phi) is 15.4. The summed E-state index contributed by atoms with van der Waals surface area (Å²) >= 11 is 0. The summed E-state index contributed by atoms with van der Waals surface area (Å²) in [5.41, 5.74) is 4.28. The third-order valence-corrected chi connectivity index (χ3v) is 12.5. The van der Waals surface area contributed by atoms with Crippen molar-refractivity contribution in [1.29, 1.82) is 0 Å². The molecular weight excluding hydrogens is 809 g/mol. The van der Waals surface area contributed by atoms with Gasteiger partial charge in [0.05, 0.1) is 29.6 Å². The van der Waals surface area contributed by atoms with Crippen LogP contribution in [0.4, 0.5) is 11.4 Å². The average Bonchev–Trinajstić information content (AvgIpc) is 3.52. The summed E-state index contributed by atoms with van der Waals surface area (Å²) in [6, 6.07) is 10.4. The molecule has 19 heteroatoms. The molecule has 0 bridgehead atoms. The maximum absolute atomic E-state index is 13.3. The molecule has 0 radical (unpaired) electrons. The number of allylic oxidation sites excluding steroid dienone is 4. The molecule has 59 heavy (non-hydrogen) atoms. The summed E-state index contributed by atoms with van der Waals surface area (Å²) in [7, 11) is -6.77. The van der Waals surface area contributed by atoms with E-state index in [9.17, 15) is 56.0 Å². The highest BCUT2D eigenvalue weighted by Crippen LogP contribution is 2.48. The highest BCUT2D eigenvalue weighted by atomic mass is 32.2. The molecule has 17 nitrogen and oxygen atoms in total. The van der Waals surface area contributed by atoms with Crippen LogP contribution in [-0.4, -0.2) is 143 Å². The van der Waals surface area contributed by atoms with Gasteiger partial charge in [-0.1, -0.05) is 19.9 Å². The second-order valence-electron chi connectivity index (χ2n) is 15.9. The van der Waals surface area contributed by atoms with Gasteiger partial charge in [-0.15, -0.1) is 0 Å². The van der Waals surface area contributed by atoms with Crippen LogP contribution in [0, 0.1) is 0 Å². The standard InChI is InChI=1S/C40H56N4O13S2/c1-39(2)27-21-25(37(50)41-5)13-15-29(27)43(17-6-8-19-58(52,53)54)33(39)11-10-12-34-40(3,4)28-22-26(14-16-30(28)44(34)18-7-9-20-59(55,56)57)38(51)42-23-31(46)35(48)36(49)32(47)24-45/h10-16,21-22,31-32,35-36,45-49H,6-9,17-20,23-24H2,1-5H3,(H3-,41,42,50,51,52,53,54,55,56,57)/p+1. The third kappa shape index (κ3) is 11.4. The Hall–Kier alpha value is -4.05. The van der Waals surface area contributed by atoms with Crippen molar-refractivity contribution in [3.05, 3.63) is 82.6 Å². The SMILES string of the molecule is CNC(=O)c1ccc2c(c1)C(C)(C)C(/C=C/C=C1/N(CCCCS(=O)(=O)O)c3ccc(C(=O)NCC(O)C(O)C(O)C(O)CO)cc3C1(C)C)=[N+]2CCCCS(=O)(=O)O. The monoisotopic (exact) mass is 865 g/mol. The minimum absolute atomic E-state index is 0.182. The molecule has 2 aliphatic heterocycles. The van der Waals surface area contributed by atoms with E-state index in [1.54, 1.807) is 31.3 Å². The van der Waals surface area contributed by atoms with Crippen molar-refractivity contribution in [2.75, 3.05) is 49.7 Å². The minimum Gasteiger partial charge on any atom is -0.394 e. The van der Waals surface area contributed by atoms with Crippen molar-refractivity contribution in [3.8, 4) is 0 Å². The molecule has 4 atom stereocenters. The molecule has 0 aliphatic carbocycles. The Labute approximate surface area is 345 Å². The van der Waals surface area contributed by atoms with Crippen molar-refractivity contribution in [2.24, 2.45) is 0 Å². The van der Waals surface area contributed by atoms with E-state index in [1.807, 2.05) is 63.0 Å². The van der Waals surface area contributed by atoms with Crippen LogP contribution in [0.2, 0.25) is 0 Å². The van der Waals surface area contributed by atoms with Crippen molar-refractivity contribution in [2.45, 2.75) is 88.6 Å². The zero-order valence-corrected chi connectivity index (χ0v) is 35.5. The van der Waals surface area contributed by atoms with Crippen molar-refractivity contribution < 1.29 is 65.6 Å². The Morgan fingerprint density at radius 2 is 1.37 bits per heavy atom. The lowest BCUT2D eigenvalue weighted by Crippen LogP contribution is -2.49. The van der Waals surface area contributed by atoms with E-state index in [0.717, 1.165) is 33.9 Å². The first-order chi connectivity index (χ1) is 27.4. The van der Waals surface area contributed by atoms with Gasteiger partial charge >= 0.3 is 0 Å². The molecule has 2 heterocycles. The van der Waals surface area contributed by atoms with Gasteiger partial charge in [0.2, 0.25) is 5.69 Å². The van der Waals surface area contributed by atoms with E-state index in [4.69, 9.17) is 5.11 Å². The minimum atomic E-state index is -4.18. The topological polar surface area (TPSA) is 274 Å². The fourth-order valence-corrected chi connectivity index (χ4v) is 8.72. The maximum Gasteiger partial charge on any atom is 0.264 e. The van der Waals surface area contributed by atoms with E-state index < -0.39 is 80.3 Å². The molecule has 2 aromatic carbocycles. The molecule has 0 aromatic heterocycles. The number of hydrogen-bond donors (Lipinski definition) is 9. The van der Waals surface area contributed by atoms with Gasteiger partial charge < -0.3 is 41.1 Å². The predicted molar refractivity (Wildman–Crippen MR) is 221 cm³/mol. The Bertz CT molecular complexity index is 2200. The summed E-state index contributed by atoms with van der Waals surface area (Å²) in [4.78, 5) is 27.9. The molecule has 0 fully saturated rings. The maximum atomic E-state index is 13.3. The first kappa shape index (κ1) is 47.6. The van der Waals surface area contributed by atoms with Crippen LogP contribution < -0.4 is 15.5 Å². The number of carbonyl (C=O) groups excluding carboxylic acids is 2. The number of unbranched alkanes of at least 4 members (excludes halogenated alkanes) is 2. The lowest BCUT2D eigenvalue weighted by Gasteiger charge is -2.27. The summed E-state index contributed by atoms with van der Waals surface area (Å²) < 4.78 is 66.5. The highest BCUT2D eigenvalue weighted by Gasteiger charge is 2.45. The summed E-state index contributed by atoms with van der Waals surface area (Å²) in [5, 5.41) is 54.3. The molecule has 0 saturated carbocycles. The molecule has 2 aliphatic rings. The number of rotatable bonds is 20. The first-order valence-corrected chi connectivity index (χ1v) is 22.5. The van der Waals surface area contributed by atoms with Gasteiger partial charge in [-0.05, 0) is 75.1 Å². The van der Waals surface area contributed by atoms with Gasteiger partial charge in [0, 0.05) is 72.2 Å². The normalized spacial score (nSPS) is 18.8. The van der Waals surface area contributed by atoms with Crippen molar-refractivity contribution in [3.63, 3.8) is 0 Å². The first-order valence-electron chi connectivity index (χ1n) is 19.3. The second-order valence-corrected chi connectivity index (χ2v) is 19.0. The van der Waals surface area contributed by atoms with Crippen LogP contribution in [0.1, 0.15) is 85.2 Å². The van der Waals surface area contributed by atoms with Crippen molar-refractivity contribution in [1.82, 2.24) is 10.6 Å². The summed E-state index contributed by atoms with van der Waals surface area (Å²) in [6.07, 6.45) is -0.0943. The van der Waals surface area contributed by atoms with Crippen LogP contribution >= 0.6 is 0 Å². The predicted octanol–water partition coefficient (Wildman–Crippen LogP) is 1.16. The fourth-order valence-electron chi connectivity index (χ4n) is 7.58. The van der Waals surface area contributed by atoms with Crippen LogP contribution in [0.3, 0.4) is 0 Å². The number of nitrogens with zero attached hydrogens (tertiary/aromatic N) is 2. The number of aliphatic hydroxyl groups is 5. The largest absolute Gasteiger partial charge is 0.394 e. The number of nitrogens with one attached hydrogen (secondary N) is 2. The zero-order chi connectivity index (χ0) is 44.1. The van der Waals surface area contributed by atoms with Crippen LogP contribution in [0.5, 0.6) is 0 Å². The highest BCUT2D eigenvalue weighted by molar-refractivity contribution is 7.86. The van der Waals surface area contributed by atoms with E-state index in [1.165, 1.54) is 0 Å². The molecule has 4 rings (SSSR count). The average molecular weight is 866 g/mol. The van der Waals surface area contributed by atoms with Gasteiger partial charge in [0.25, 0.3) is 32.1 Å². The van der Waals surface area contributed by atoms with Crippen molar-refractivity contribution >= 4 is 49.1 Å². The molecule has 2 amide bonds. The number of amides is 2. The smallest absolute Gasteiger partial charge is 0.264 e. The number of anilines is 1. The quantitative estimate of drug-likeness (QED) is 0.0514. The van der Waals surface area contributed by atoms with Gasteiger partial charge in [-0.2, -0.15) is 21.4 Å². The fraction of sp³-hybridized carbons (Fsp3) is 0.525. The van der Waals surface area contributed by atoms with Crippen LogP contribution in [0.25, 0.3) is 0 Å². The van der Waals surface area contributed by atoms with E-state index >= 15 is 0 Å². The second kappa shape index (κ2) is 19.1. The van der Waals surface area contributed by atoms with Gasteiger partial charge in [0.1, 0.15) is 24.9 Å². The molecular formula is C40H57N4O13S2+. The Morgan fingerprint density at radius 1 is 0.797 bits per heavy atom. The molecule has 0 spiro atoms. The third-order valence-electron chi connectivity index (χ3n) is 10.9. The van der Waals surface area contributed by atoms with Gasteiger partial charge in [-0.3, -0.25) is 18.7 Å². The van der Waals surface area contributed by atoms with E-state index in [0.29, 0.717) is 31.5 Å². The molecule has 9 N–H and O–H groups in total. The van der Waals surface area contributed by atoms with Crippen LogP contribution in [0.15, 0.2) is 60.3 Å². The molecule has 2 aromatic rings. The number of carbonyl (C=O) groups is 2.